The van der Waals surface area contributed by atoms with Gasteiger partial charge in [-0.1, -0.05) is 135 Å². The second kappa shape index (κ2) is 10.6. The summed E-state index contributed by atoms with van der Waals surface area (Å²) in [7, 11) is -0.695. The van der Waals surface area contributed by atoms with Gasteiger partial charge in [0.15, 0.2) is 0 Å². The van der Waals surface area contributed by atoms with Crippen molar-refractivity contribution < 1.29 is 0 Å². The minimum atomic E-state index is -0.356. The van der Waals surface area contributed by atoms with Gasteiger partial charge in [0, 0.05) is 0 Å². The third kappa shape index (κ3) is 5.20. The fourth-order valence-electron chi connectivity index (χ4n) is 5.62. The van der Waals surface area contributed by atoms with Crippen molar-refractivity contribution in [3.8, 4) is 0 Å². The first kappa shape index (κ1) is 23.5. The van der Waals surface area contributed by atoms with Gasteiger partial charge in [-0.2, -0.15) is 0 Å². The average molecular weight is 481 g/mol. The first-order valence-corrected chi connectivity index (χ1v) is 15.4. The average Bonchev–Trinajstić information content (AvgIpc) is 2.89. The Hall–Kier alpha value is -2.26. The van der Waals surface area contributed by atoms with Crippen LogP contribution in [0.2, 0.25) is 0 Å². The molecule has 1 saturated carbocycles. The Morgan fingerprint density at radius 2 is 0.853 bits per heavy atom. The van der Waals surface area contributed by atoms with Crippen LogP contribution >= 0.6 is 15.8 Å². The lowest BCUT2D eigenvalue weighted by atomic mass is 9.57. The lowest BCUT2D eigenvalue weighted by molar-refractivity contribution is 0.0210. The minimum absolute atomic E-state index is 0.339. The first-order valence-electron chi connectivity index (χ1n) is 12.4. The summed E-state index contributed by atoms with van der Waals surface area (Å²) in [4.78, 5) is 0. The Labute approximate surface area is 208 Å². The van der Waals surface area contributed by atoms with Crippen molar-refractivity contribution in [1.29, 1.82) is 0 Å². The van der Waals surface area contributed by atoms with Gasteiger partial charge in [-0.15, -0.1) is 0 Å². The van der Waals surface area contributed by atoms with Gasteiger partial charge in [0.1, 0.15) is 0 Å². The number of hydrogen-bond donors (Lipinski definition) is 0. The highest BCUT2D eigenvalue weighted by Gasteiger charge is 2.48. The van der Waals surface area contributed by atoms with Crippen molar-refractivity contribution in [2.75, 3.05) is 12.3 Å². The standard InChI is InChI=1S/C32H34P2/c1-32(2)23-26(24-33(27-15-7-3-8-16-27)28-17-9-4-10-18-28)31(32)25-34(29-19-11-5-12-20-29)30-21-13-6-14-22-30/h3-22,26,31H,23-25H2,1-2H3/t26-,31-/m0/s1. The smallest absolute Gasteiger partial charge is 0.0195 e. The van der Waals surface area contributed by atoms with E-state index in [1.165, 1.54) is 40.0 Å². The minimum Gasteiger partial charge on any atom is -0.0622 e. The molecule has 0 heterocycles. The molecule has 1 aliphatic rings. The van der Waals surface area contributed by atoms with Gasteiger partial charge in [-0.3, -0.25) is 0 Å². The van der Waals surface area contributed by atoms with Crippen LogP contribution in [0.25, 0.3) is 0 Å². The number of hydrogen-bond acceptors (Lipinski definition) is 0. The molecule has 0 aliphatic heterocycles. The van der Waals surface area contributed by atoms with Gasteiger partial charge in [0.2, 0.25) is 0 Å². The largest absolute Gasteiger partial charge is 0.0622 e. The molecule has 4 aromatic rings. The van der Waals surface area contributed by atoms with Gasteiger partial charge in [-0.05, 0) is 73.1 Å². The van der Waals surface area contributed by atoms with E-state index in [-0.39, 0.29) is 15.8 Å². The maximum absolute atomic E-state index is 2.50. The zero-order chi connectivity index (χ0) is 23.4. The van der Waals surface area contributed by atoms with Crippen LogP contribution in [0.1, 0.15) is 20.3 Å². The molecule has 34 heavy (non-hydrogen) atoms. The summed E-state index contributed by atoms with van der Waals surface area (Å²) in [5, 5.41) is 6.05. The molecule has 0 bridgehead atoms. The van der Waals surface area contributed by atoms with Crippen molar-refractivity contribution in [3.63, 3.8) is 0 Å². The summed E-state index contributed by atoms with van der Waals surface area (Å²) >= 11 is 0. The molecule has 1 fully saturated rings. The molecule has 0 spiro atoms. The van der Waals surface area contributed by atoms with Crippen LogP contribution < -0.4 is 21.2 Å². The third-order valence-corrected chi connectivity index (χ3v) is 12.7. The van der Waals surface area contributed by atoms with Crippen LogP contribution in [0, 0.1) is 17.3 Å². The predicted molar refractivity (Wildman–Crippen MR) is 153 cm³/mol. The number of rotatable bonds is 8. The van der Waals surface area contributed by atoms with Crippen molar-refractivity contribution >= 4 is 37.1 Å². The molecule has 1 aliphatic carbocycles. The Morgan fingerprint density at radius 3 is 1.18 bits per heavy atom. The molecule has 5 rings (SSSR count). The lowest BCUT2D eigenvalue weighted by Gasteiger charge is -2.54. The van der Waals surface area contributed by atoms with Gasteiger partial charge in [-0.25, -0.2) is 0 Å². The van der Waals surface area contributed by atoms with Gasteiger partial charge < -0.3 is 0 Å². The Bertz CT molecular complexity index is 1080. The Morgan fingerprint density at radius 1 is 0.529 bits per heavy atom. The number of benzene rings is 4. The molecule has 172 valence electrons. The molecule has 0 saturated heterocycles. The summed E-state index contributed by atoms with van der Waals surface area (Å²) in [6.07, 6.45) is 3.92. The van der Waals surface area contributed by atoms with Crippen LogP contribution in [0.5, 0.6) is 0 Å². The van der Waals surface area contributed by atoms with Crippen LogP contribution in [-0.2, 0) is 0 Å². The van der Waals surface area contributed by atoms with Gasteiger partial charge in [0.25, 0.3) is 0 Å². The van der Waals surface area contributed by atoms with Crippen molar-refractivity contribution in [1.82, 2.24) is 0 Å². The van der Waals surface area contributed by atoms with Crippen molar-refractivity contribution in [2.24, 2.45) is 17.3 Å². The van der Waals surface area contributed by atoms with Crippen molar-refractivity contribution in [3.05, 3.63) is 121 Å². The normalized spacial score (nSPS) is 19.2. The third-order valence-electron chi connectivity index (χ3n) is 7.43. The van der Waals surface area contributed by atoms with Crippen LogP contribution in [0.4, 0.5) is 0 Å². The van der Waals surface area contributed by atoms with Crippen molar-refractivity contribution in [2.45, 2.75) is 20.3 Å². The summed E-state index contributed by atoms with van der Waals surface area (Å²) in [6, 6.07) is 45.0. The van der Waals surface area contributed by atoms with E-state index < -0.39 is 0 Å². The van der Waals surface area contributed by atoms with E-state index in [2.05, 4.69) is 135 Å². The van der Waals surface area contributed by atoms with E-state index in [1.54, 1.807) is 0 Å². The van der Waals surface area contributed by atoms with Crippen LogP contribution in [-0.4, -0.2) is 12.3 Å². The van der Waals surface area contributed by atoms with E-state index in [9.17, 15) is 0 Å². The monoisotopic (exact) mass is 480 g/mol. The highest BCUT2D eigenvalue weighted by atomic mass is 31.1. The fourth-order valence-corrected chi connectivity index (χ4v) is 11.2. The molecule has 0 aromatic heterocycles. The molecular weight excluding hydrogens is 446 g/mol. The van der Waals surface area contributed by atoms with Gasteiger partial charge in [0.05, 0.1) is 0 Å². The SMILES string of the molecule is CC1(C)C[C@@H](CP(c2ccccc2)c2ccccc2)[C@@H]1CP(c1ccccc1)c1ccccc1. The van der Waals surface area contributed by atoms with E-state index in [1.807, 2.05) is 0 Å². The molecule has 4 aromatic carbocycles. The lowest BCUT2D eigenvalue weighted by Crippen LogP contribution is -2.48. The molecule has 0 nitrogen and oxygen atoms in total. The summed E-state index contributed by atoms with van der Waals surface area (Å²) in [5.41, 5.74) is 0.406. The second-order valence-electron chi connectivity index (χ2n) is 10.1. The highest BCUT2D eigenvalue weighted by Crippen LogP contribution is 2.58. The first-order chi connectivity index (χ1) is 16.6. The summed E-state index contributed by atoms with van der Waals surface area (Å²) in [6.45, 7) is 5.01. The Balaban J connectivity index is 1.43. The Kier molecular flexibility index (Phi) is 7.29. The molecule has 0 N–H and O–H groups in total. The predicted octanol–water partition coefficient (Wildman–Crippen LogP) is 6.91. The molecule has 2 heteroatoms. The zero-order valence-electron chi connectivity index (χ0n) is 20.2. The fraction of sp³-hybridized carbons (Fsp3) is 0.250. The molecule has 0 amide bonds. The van der Waals surface area contributed by atoms with E-state index in [4.69, 9.17) is 0 Å². The molecular formula is C32H34P2. The van der Waals surface area contributed by atoms with E-state index >= 15 is 0 Å². The topological polar surface area (TPSA) is 0 Å². The maximum atomic E-state index is 2.50. The maximum Gasteiger partial charge on any atom is -0.0195 e. The summed E-state index contributed by atoms with van der Waals surface area (Å²) < 4.78 is 0. The summed E-state index contributed by atoms with van der Waals surface area (Å²) in [5.74, 6) is 1.52. The van der Waals surface area contributed by atoms with E-state index in [0.29, 0.717) is 5.41 Å². The quantitative estimate of drug-likeness (QED) is 0.240. The molecule has 2 atom stereocenters. The van der Waals surface area contributed by atoms with E-state index in [0.717, 1.165) is 11.8 Å². The van der Waals surface area contributed by atoms with Gasteiger partial charge >= 0.3 is 0 Å². The molecule has 0 unspecified atom stereocenters. The second-order valence-corrected chi connectivity index (χ2v) is 14.6. The zero-order valence-corrected chi connectivity index (χ0v) is 22.0. The highest BCUT2D eigenvalue weighted by molar-refractivity contribution is 7.73. The van der Waals surface area contributed by atoms with Crippen LogP contribution in [0.3, 0.4) is 0 Å². The van der Waals surface area contributed by atoms with Crippen LogP contribution in [0.15, 0.2) is 121 Å². The molecule has 0 radical (unpaired) electrons.